The Morgan fingerprint density at radius 3 is 1.34 bits per heavy atom. The molecular weight excluding hydrogens is 404 g/mol. The summed E-state index contributed by atoms with van der Waals surface area (Å²) in [7, 11) is 0. The molecule has 0 saturated heterocycles. The first-order valence-electron chi connectivity index (χ1n) is 10.7. The molecule has 0 saturated carbocycles. The van der Waals surface area contributed by atoms with Crippen LogP contribution in [0.5, 0.6) is 11.5 Å². The Kier molecular flexibility index (Phi) is 10.0. The SMILES string of the molecule is C=C(C)COc1ccc(NC(=O)CCCCC(=O)Nc2ccc(OCC(=C)C)cc2)cc1. The molecule has 32 heavy (non-hydrogen) atoms. The van der Waals surface area contributed by atoms with E-state index in [4.69, 9.17) is 9.47 Å². The minimum Gasteiger partial charge on any atom is -0.489 e. The fourth-order valence-corrected chi connectivity index (χ4v) is 2.70. The van der Waals surface area contributed by atoms with Crippen LogP contribution in [-0.2, 0) is 9.59 Å². The van der Waals surface area contributed by atoms with Gasteiger partial charge in [0, 0.05) is 24.2 Å². The summed E-state index contributed by atoms with van der Waals surface area (Å²) >= 11 is 0. The largest absolute Gasteiger partial charge is 0.489 e. The predicted molar refractivity (Wildman–Crippen MR) is 129 cm³/mol. The normalized spacial score (nSPS) is 10.2. The lowest BCUT2D eigenvalue weighted by Gasteiger charge is -2.09. The van der Waals surface area contributed by atoms with Crippen molar-refractivity contribution in [3.8, 4) is 11.5 Å². The number of anilines is 2. The first-order valence-corrected chi connectivity index (χ1v) is 10.7. The van der Waals surface area contributed by atoms with E-state index in [0.29, 0.717) is 50.3 Å². The fraction of sp³-hybridized carbons (Fsp3) is 0.308. The molecule has 170 valence electrons. The van der Waals surface area contributed by atoms with Gasteiger partial charge in [0.15, 0.2) is 0 Å². The van der Waals surface area contributed by atoms with E-state index in [1.165, 1.54) is 0 Å². The summed E-state index contributed by atoms with van der Waals surface area (Å²) in [6.07, 6.45) is 1.98. The Bertz CT molecular complexity index is 840. The van der Waals surface area contributed by atoms with Gasteiger partial charge in [-0.2, -0.15) is 0 Å². The highest BCUT2D eigenvalue weighted by Crippen LogP contribution is 2.18. The third kappa shape index (κ3) is 9.98. The van der Waals surface area contributed by atoms with Crippen molar-refractivity contribution in [1.29, 1.82) is 0 Å². The van der Waals surface area contributed by atoms with Crippen LogP contribution in [0, 0.1) is 0 Å². The van der Waals surface area contributed by atoms with Gasteiger partial charge in [0.05, 0.1) is 0 Å². The van der Waals surface area contributed by atoms with Crippen molar-refractivity contribution in [2.45, 2.75) is 39.5 Å². The zero-order valence-electron chi connectivity index (χ0n) is 18.9. The Labute approximate surface area is 190 Å². The average Bonchev–Trinajstić information content (AvgIpc) is 2.75. The van der Waals surface area contributed by atoms with Crippen molar-refractivity contribution in [2.24, 2.45) is 0 Å². The zero-order chi connectivity index (χ0) is 23.3. The van der Waals surface area contributed by atoms with Crippen LogP contribution in [0.3, 0.4) is 0 Å². The molecule has 0 bridgehead atoms. The van der Waals surface area contributed by atoms with Gasteiger partial charge in [-0.05, 0) is 86.4 Å². The van der Waals surface area contributed by atoms with E-state index in [-0.39, 0.29) is 11.8 Å². The molecule has 0 aromatic heterocycles. The molecule has 0 atom stereocenters. The van der Waals surface area contributed by atoms with Crippen molar-refractivity contribution in [2.75, 3.05) is 23.8 Å². The van der Waals surface area contributed by atoms with E-state index in [1.54, 1.807) is 24.3 Å². The number of unbranched alkanes of at least 4 members (excludes halogenated alkanes) is 1. The second-order valence-electron chi connectivity index (χ2n) is 7.84. The van der Waals surface area contributed by atoms with E-state index in [2.05, 4.69) is 23.8 Å². The topological polar surface area (TPSA) is 76.7 Å². The summed E-state index contributed by atoms with van der Waals surface area (Å²) in [5.74, 6) is 1.30. The third-order valence-electron chi connectivity index (χ3n) is 4.30. The van der Waals surface area contributed by atoms with Gasteiger partial charge in [0.25, 0.3) is 0 Å². The van der Waals surface area contributed by atoms with E-state index in [0.717, 1.165) is 22.6 Å². The van der Waals surface area contributed by atoms with Crippen LogP contribution < -0.4 is 20.1 Å². The molecule has 2 N–H and O–H groups in total. The lowest BCUT2D eigenvalue weighted by atomic mass is 10.1. The molecule has 0 unspecified atom stereocenters. The van der Waals surface area contributed by atoms with Gasteiger partial charge in [0.2, 0.25) is 11.8 Å². The van der Waals surface area contributed by atoms with Crippen LogP contribution in [0.4, 0.5) is 11.4 Å². The highest BCUT2D eigenvalue weighted by molar-refractivity contribution is 5.91. The second-order valence-corrected chi connectivity index (χ2v) is 7.84. The van der Waals surface area contributed by atoms with Gasteiger partial charge in [-0.25, -0.2) is 0 Å². The van der Waals surface area contributed by atoms with E-state index in [1.807, 2.05) is 38.1 Å². The monoisotopic (exact) mass is 436 g/mol. The molecule has 0 aliphatic carbocycles. The molecular formula is C26H32N2O4. The summed E-state index contributed by atoms with van der Waals surface area (Å²) < 4.78 is 11.1. The van der Waals surface area contributed by atoms with Crippen molar-refractivity contribution in [3.63, 3.8) is 0 Å². The Hall–Kier alpha value is -3.54. The minimum absolute atomic E-state index is 0.0774. The minimum atomic E-state index is -0.0774. The Morgan fingerprint density at radius 1 is 0.688 bits per heavy atom. The lowest BCUT2D eigenvalue weighted by Crippen LogP contribution is -2.13. The standard InChI is InChI=1S/C26H32N2O4/c1-19(2)17-31-23-13-9-21(10-14-23)27-25(29)7-5-6-8-26(30)28-22-11-15-24(16-12-22)32-18-20(3)4/h9-16H,1,3,5-8,17-18H2,2,4H3,(H,27,29)(H,28,30). The molecule has 2 aromatic carbocycles. The van der Waals surface area contributed by atoms with Crippen molar-refractivity contribution in [3.05, 3.63) is 72.8 Å². The van der Waals surface area contributed by atoms with Crippen LogP contribution in [-0.4, -0.2) is 25.0 Å². The predicted octanol–water partition coefficient (Wildman–Crippen LogP) is 5.73. The number of rotatable bonds is 13. The lowest BCUT2D eigenvalue weighted by molar-refractivity contribution is -0.118. The summed E-state index contributed by atoms with van der Waals surface area (Å²) in [5.41, 5.74) is 3.31. The molecule has 0 radical (unpaired) electrons. The van der Waals surface area contributed by atoms with Crippen LogP contribution in [0.2, 0.25) is 0 Å². The number of benzene rings is 2. The summed E-state index contributed by atoms with van der Waals surface area (Å²) in [6, 6.07) is 14.4. The van der Waals surface area contributed by atoms with Gasteiger partial charge in [0.1, 0.15) is 24.7 Å². The molecule has 6 nitrogen and oxygen atoms in total. The van der Waals surface area contributed by atoms with Gasteiger partial charge in [-0.15, -0.1) is 0 Å². The molecule has 2 amide bonds. The first-order chi connectivity index (χ1) is 15.3. The Balaban J connectivity index is 1.63. The summed E-state index contributed by atoms with van der Waals surface area (Å²) in [4.78, 5) is 24.2. The maximum atomic E-state index is 12.1. The smallest absolute Gasteiger partial charge is 0.224 e. The summed E-state index contributed by atoms with van der Waals surface area (Å²) in [6.45, 7) is 12.3. The first kappa shape index (κ1) is 24.7. The van der Waals surface area contributed by atoms with Gasteiger partial charge in [-0.1, -0.05) is 13.2 Å². The molecule has 0 spiro atoms. The highest BCUT2D eigenvalue weighted by Gasteiger charge is 2.06. The molecule has 0 fully saturated rings. The number of amides is 2. The zero-order valence-corrected chi connectivity index (χ0v) is 18.9. The van der Waals surface area contributed by atoms with Gasteiger partial charge < -0.3 is 20.1 Å². The number of carbonyl (C=O) groups excluding carboxylic acids is 2. The number of hydrogen-bond donors (Lipinski definition) is 2. The van der Waals surface area contributed by atoms with Crippen LogP contribution in [0.25, 0.3) is 0 Å². The van der Waals surface area contributed by atoms with Crippen molar-refractivity contribution < 1.29 is 19.1 Å². The molecule has 0 heterocycles. The fourth-order valence-electron chi connectivity index (χ4n) is 2.70. The quantitative estimate of drug-likeness (QED) is 0.310. The Morgan fingerprint density at radius 2 is 1.03 bits per heavy atom. The van der Waals surface area contributed by atoms with E-state index in [9.17, 15) is 9.59 Å². The number of hydrogen-bond acceptors (Lipinski definition) is 4. The maximum Gasteiger partial charge on any atom is 0.224 e. The molecule has 2 rings (SSSR count). The molecule has 2 aromatic rings. The van der Waals surface area contributed by atoms with Crippen molar-refractivity contribution in [1.82, 2.24) is 0 Å². The van der Waals surface area contributed by atoms with Crippen LogP contribution in [0.15, 0.2) is 72.8 Å². The van der Waals surface area contributed by atoms with Crippen LogP contribution in [0.1, 0.15) is 39.5 Å². The van der Waals surface area contributed by atoms with E-state index >= 15 is 0 Å². The molecule has 0 aliphatic heterocycles. The summed E-state index contributed by atoms with van der Waals surface area (Å²) in [5, 5.41) is 5.71. The second kappa shape index (κ2) is 13.0. The van der Waals surface area contributed by atoms with Gasteiger partial charge in [-0.3, -0.25) is 9.59 Å². The third-order valence-corrected chi connectivity index (χ3v) is 4.30. The van der Waals surface area contributed by atoms with Crippen LogP contribution >= 0.6 is 0 Å². The van der Waals surface area contributed by atoms with Gasteiger partial charge >= 0.3 is 0 Å². The maximum absolute atomic E-state index is 12.1. The average molecular weight is 437 g/mol. The number of nitrogens with one attached hydrogen (secondary N) is 2. The van der Waals surface area contributed by atoms with E-state index < -0.39 is 0 Å². The number of carbonyl (C=O) groups is 2. The highest BCUT2D eigenvalue weighted by atomic mass is 16.5. The molecule has 6 heteroatoms. The van der Waals surface area contributed by atoms with Crippen molar-refractivity contribution >= 4 is 23.2 Å². The molecule has 0 aliphatic rings. The number of ether oxygens (including phenoxy) is 2.